The standard InChI is InChI=1S/C27H38N6O2/c1-3-19(4-2)24-16-25(31-26(30-24)20-5-8-28-9-6-20)23-18-33-10-7-21(23)15-22(33)17-29-27(34)32-11-13-35-14-12-32/h5-6,8-9,16,19,21-23H,3-4,7,10-15,17-18H2,1-2H3,(H,29,34)/t21-,22+,23+/m0/s1. The van der Waals surface area contributed by atoms with Gasteiger partial charge in [-0.15, -0.1) is 0 Å². The van der Waals surface area contributed by atoms with E-state index in [1.807, 2.05) is 29.4 Å². The molecule has 0 aromatic carbocycles. The van der Waals surface area contributed by atoms with Gasteiger partial charge in [-0.1, -0.05) is 13.8 Å². The van der Waals surface area contributed by atoms with Crippen LogP contribution >= 0.6 is 0 Å². The van der Waals surface area contributed by atoms with Crippen LogP contribution in [0.4, 0.5) is 4.79 Å². The molecule has 0 spiro atoms. The van der Waals surface area contributed by atoms with E-state index in [9.17, 15) is 4.79 Å². The van der Waals surface area contributed by atoms with Gasteiger partial charge in [0.25, 0.3) is 0 Å². The number of morpholine rings is 1. The van der Waals surface area contributed by atoms with Crippen LogP contribution in [0.15, 0.2) is 30.6 Å². The summed E-state index contributed by atoms with van der Waals surface area (Å²) in [6, 6.07) is 6.72. The molecule has 0 aliphatic carbocycles. The zero-order valence-corrected chi connectivity index (χ0v) is 21.0. The number of carbonyl (C=O) groups excluding carboxylic acids is 1. The van der Waals surface area contributed by atoms with Crippen molar-refractivity contribution in [1.82, 2.24) is 30.1 Å². The Hall–Kier alpha value is -2.58. The number of aromatic nitrogens is 3. The van der Waals surface area contributed by atoms with Crippen LogP contribution in [0.1, 0.15) is 62.8 Å². The minimum absolute atomic E-state index is 0.0418. The molecule has 0 saturated carbocycles. The molecule has 8 heteroatoms. The van der Waals surface area contributed by atoms with Gasteiger partial charge in [-0.2, -0.15) is 0 Å². The summed E-state index contributed by atoms with van der Waals surface area (Å²) in [5.41, 5.74) is 3.37. The number of pyridine rings is 1. The number of ether oxygens (including phenoxy) is 1. The second-order valence-corrected chi connectivity index (χ2v) is 10.1. The Bertz CT molecular complexity index is 992. The van der Waals surface area contributed by atoms with E-state index in [4.69, 9.17) is 14.7 Å². The van der Waals surface area contributed by atoms with Crippen molar-refractivity contribution in [3.8, 4) is 11.4 Å². The first-order valence-electron chi connectivity index (χ1n) is 13.3. The number of carbonyl (C=O) groups is 1. The number of hydrogen-bond donors (Lipinski definition) is 1. The Balaban J connectivity index is 1.32. The molecule has 0 radical (unpaired) electrons. The van der Waals surface area contributed by atoms with Crippen molar-refractivity contribution < 1.29 is 9.53 Å². The SMILES string of the molecule is CCC(CC)c1cc([C@@H]2CN3CC[C@H]2C[C@@H]3CNC(=O)N2CCOCC2)nc(-c2ccncc2)n1. The van der Waals surface area contributed by atoms with E-state index in [0.29, 0.717) is 56.6 Å². The number of piperidine rings is 3. The Morgan fingerprint density at radius 3 is 2.60 bits per heavy atom. The maximum absolute atomic E-state index is 12.6. The van der Waals surface area contributed by atoms with E-state index in [1.54, 1.807) is 0 Å². The Morgan fingerprint density at radius 2 is 1.91 bits per heavy atom. The lowest BCUT2D eigenvalue weighted by molar-refractivity contribution is 0.0275. The van der Waals surface area contributed by atoms with Crippen molar-refractivity contribution in [2.75, 3.05) is 45.9 Å². The third-order valence-corrected chi connectivity index (χ3v) is 8.15. The van der Waals surface area contributed by atoms with Gasteiger partial charge in [0, 0.05) is 73.4 Å². The van der Waals surface area contributed by atoms with E-state index in [-0.39, 0.29) is 6.03 Å². The lowest BCUT2D eigenvalue weighted by atomic mass is 9.74. The van der Waals surface area contributed by atoms with Crippen LogP contribution in [0.25, 0.3) is 11.4 Å². The number of nitrogens with zero attached hydrogens (tertiary/aromatic N) is 5. The number of urea groups is 1. The quantitative estimate of drug-likeness (QED) is 0.654. The van der Waals surface area contributed by atoms with Gasteiger partial charge in [-0.3, -0.25) is 9.88 Å². The molecule has 6 rings (SSSR count). The Kier molecular flexibility index (Phi) is 7.58. The van der Waals surface area contributed by atoms with E-state index in [2.05, 4.69) is 35.1 Å². The van der Waals surface area contributed by atoms with E-state index in [0.717, 1.165) is 49.4 Å². The van der Waals surface area contributed by atoms with Crippen molar-refractivity contribution >= 4 is 6.03 Å². The second kappa shape index (κ2) is 11.0. The van der Waals surface area contributed by atoms with Crippen molar-refractivity contribution in [2.24, 2.45) is 5.92 Å². The molecule has 4 aliphatic rings. The van der Waals surface area contributed by atoms with Crippen molar-refractivity contribution in [3.05, 3.63) is 42.0 Å². The highest BCUT2D eigenvalue weighted by Crippen LogP contribution is 2.42. The van der Waals surface area contributed by atoms with Crippen LogP contribution in [0, 0.1) is 5.92 Å². The number of nitrogens with one attached hydrogen (secondary N) is 1. The fourth-order valence-electron chi connectivity index (χ4n) is 5.99. The average molecular weight is 479 g/mol. The molecule has 188 valence electrons. The highest BCUT2D eigenvalue weighted by Gasteiger charge is 2.41. The molecule has 2 bridgehead atoms. The smallest absolute Gasteiger partial charge is 0.317 e. The number of hydrogen-bond acceptors (Lipinski definition) is 6. The molecule has 4 fully saturated rings. The lowest BCUT2D eigenvalue weighted by Gasteiger charge is -2.50. The molecule has 2 amide bonds. The van der Waals surface area contributed by atoms with Gasteiger partial charge in [-0.25, -0.2) is 14.8 Å². The van der Waals surface area contributed by atoms with E-state index < -0.39 is 0 Å². The lowest BCUT2D eigenvalue weighted by Crippen LogP contribution is -2.57. The van der Waals surface area contributed by atoms with Gasteiger partial charge in [0.15, 0.2) is 5.82 Å². The van der Waals surface area contributed by atoms with Crippen LogP contribution in [0.3, 0.4) is 0 Å². The molecule has 2 aromatic heterocycles. The van der Waals surface area contributed by atoms with Crippen LogP contribution in [-0.2, 0) is 4.74 Å². The van der Waals surface area contributed by atoms with Gasteiger partial charge in [0.2, 0.25) is 0 Å². The summed E-state index contributed by atoms with van der Waals surface area (Å²) in [4.78, 5) is 31.3. The summed E-state index contributed by atoms with van der Waals surface area (Å²) in [6.45, 7) is 9.91. The maximum atomic E-state index is 12.6. The predicted octanol–water partition coefficient (Wildman–Crippen LogP) is 3.66. The fraction of sp³-hybridized carbons (Fsp3) is 0.630. The minimum atomic E-state index is 0.0418. The summed E-state index contributed by atoms with van der Waals surface area (Å²) >= 11 is 0. The maximum Gasteiger partial charge on any atom is 0.317 e. The molecule has 35 heavy (non-hydrogen) atoms. The van der Waals surface area contributed by atoms with Crippen LogP contribution in [0.2, 0.25) is 0 Å². The fourth-order valence-corrected chi connectivity index (χ4v) is 5.99. The third-order valence-electron chi connectivity index (χ3n) is 8.15. The summed E-state index contributed by atoms with van der Waals surface area (Å²) < 4.78 is 5.37. The third kappa shape index (κ3) is 5.33. The van der Waals surface area contributed by atoms with Crippen molar-refractivity contribution in [3.63, 3.8) is 0 Å². The number of amides is 2. The summed E-state index contributed by atoms with van der Waals surface area (Å²) in [7, 11) is 0. The monoisotopic (exact) mass is 478 g/mol. The average Bonchev–Trinajstić information content (AvgIpc) is 2.93. The van der Waals surface area contributed by atoms with Crippen LogP contribution in [-0.4, -0.2) is 82.8 Å². The normalized spacial score (nSPS) is 26.2. The largest absolute Gasteiger partial charge is 0.378 e. The molecule has 4 saturated heterocycles. The second-order valence-electron chi connectivity index (χ2n) is 10.1. The summed E-state index contributed by atoms with van der Waals surface area (Å²) in [5.74, 6) is 2.26. The molecule has 4 atom stereocenters. The highest BCUT2D eigenvalue weighted by atomic mass is 16.5. The topological polar surface area (TPSA) is 83.5 Å². The molecular weight excluding hydrogens is 440 g/mol. The summed E-state index contributed by atoms with van der Waals surface area (Å²) in [6.07, 6.45) is 8.07. The zero-order valence-electron chi connectivity index (χ0n) is 21.0. The first-order valence-corrected chi connectivity index (χ1v) is 13.3. The molecule has 8 nitrogen and oxygen atoms in total. The van der Waals surface area contributed by atoms with E-state index >= 15 is 0 Å². The van der Waals surface area contributed by atoms with E-state index in [1.165, 1.54) is 12.1 Å². The molecule has 4 aliphatic heterocycles. The zero-order chi connectivity index (χ0) is 24.2. The molecule has 1 unspecified atom stereocenters. The van der Waals surface area contributed by atoms with Gasteiger partial charge in [0.05, 0.1) is 13.2 Å². The van der Waals surface area contributed by atoms with Crippen LogP contribution in [0.5, 0.6) is 0 Å². The highest BCUT2D eigenvalue weighted by molar-refractivity contribution is 5.74. The predicted molar refractivity (Wildman–Crippen MR) is 135 cm³/mol. The Morgan fingerprint density at radius 1 is 1.14 bits per heavy atom. The Labute approximate surface area is 208 Å². The number of rotatable bonds is 7. The molecular formula is C27H38N6O2. The molecule has 2 aromatic rings. The van der Waals surface area contributed by atoms with Crippen molar-refractivity contribution in [2.45, 2.75) is 57.4 Å². The van der Waals surface area contributed by atoms with Crippen LogP contribution < -0.4 is 5.32 Å². The van der Waals surface area contributed by atoms with Crippen molar-refractivity contribution in [1.29, 1.82) is 0 Å². The van der Waals surface area contributed by atoms with Gasteiger partial charge < -0.3 is 15.0 Å². The first-order chi connectivity index (χ1) is 17.2. The van der Waals surface area contributed by atoms with Gasteiger partial charge >= 0.3 is 6.03 Å². The number of fused-ring (bicyclic) bond motifs is 3. The molecule has 6 heterocycles. The minimum Gasteiger partial charge on any atom is -0.378 e. The summed E-state index contributed by atoms with van der Waals surface area (Å²) in [5, 5.41) is 3.19. The van der Waals surface area contributed by atoms with Gasteiger partial charge in [0.1, 0.15) is 0 Å². The molecule has 1 N–H and O–H groups in total. The van der Waals surface area contributed by atoms with Gasteiger partial charge in [-0.05, 0) is 56.3 Å². The first kappa shape index (κ1) is 24.1.